The minimum atomic E-state index is -4.22. The molecule has 0 aliphatic carbocycles. The van der Waals surface area contributed by atoms with Gasteiger partial charge in [-0.3, -0.25) is 0 Å². The van der Waals surface area contributed by atoms with E-state index >= 15 is 0 Å². The Kier molecular flexibility index (Phi) is 5.90. The second kappa shape index (κ2) is 7.21. The molecular weight excluding hydrogens is 290 g/mol. The van der Waals surface area contributed by atoms with Crippen molar-refractivity contribution in [1.29, 1.82) is 0 Å². The van der Waals surface area contributed by atoms with Crippen molar-refractivity contribution in [3.63, 3.8) is 0 Å². The first-order valence-corrected chi connectivity index (χ1v) is 6.12. The zero-order valence-corrected chi connectivity index (χ0v) is 11.3. The minimum Gasteiger partial charge on any atom is -0.478 e. The van der Waals surface area contributed by atoms with Crippen molar-refractivity contribution < 1.29 is 27.5 Å². The molecule has 0 aromatic heterocycles. The Morgan fingerprint density at radius 1 is 1.38 bits per heavy atom. The molecule has 0 aliphatic heterocycles. The summed E-state index contributed by atoms with van der Waals surface area (Å²) in [6.45, 7) is 0.0471. The van der Waals surface area contributed by atoms with Crippen molar-refractivity contribution in [3.8, 4) is 0 Å². The Bertz CT molecular complexity index is 526. The van der Waals surface area contributed by atoms with Crippen LogP contribution in [0, 0.1) is 5.82 Å². The number of rotatable bonds is 6. The lowest BCUT2D eigenvalue weighted by Gasteiger charge is -2.18. The number of carboxylic acids is 1. The summed E-state index contributed by atoms with van der Waals surface area (Å²) in [6, 6.07) is 4.03. The van der Waals surface area contributed by atoms with Gasteiger partial charge in [-0.05, 0) is 30.8 Å². The lowest BCUT2D eigenvalue weighted by atomic mass is 10.1. The van der Waals surface area contributed by atoms with Gasteiger partial charge >= 0.3 is 12.1 Å². The first kappa shape index (κ1) is 17.2. The molecule has 21 heavy (non-hydrogen) atoms. The predicted molar refractivity (Wildman–Crippen MR) is 70.1 cm³/mol. The van der Waals surface area contributed by atoms with Gasteiger partial charge in [-0.1, -0.05) is 6.07 Å². The molecule has 7 heteroatoms. The Labute approximate surface area is 119 Å². The number of hydrogen-bond donors (Lipinski definition) is 1. The fraction of sp³-hybridized carbons (Fsp3) is 0.357. The van der Waals surface area contributed by atoms with Crippen molar-refractivity contribution in [1.82, 2.24) is 4.90 Å². The summed E-state index contributed by atoms with van der Waals surface area (Å²) in [5.41, 5.74) is 0.685. The van der Waals surface area contributed by atoms with E-state index in [2.05, 4.69) is 0 Å². The molecule has 1 N–H and O–H groups in total. The summed E-state index contributed by atoms with van der Waals surface area (Å²) in [5, 5.41) is 8.50. The molecule has 3 nitrogen and oxygen atoms in total. The Morgan fingerprint density at radius 3 is 2.62 bits per heavy atom. The topological polar surface area (TPSA) is 40.5 Å². The first-order valence-electron chi connectivity index (χ1n) is 6.12. The van der Waals surface area contributed by atoms with Gasteiger partial charge in [0.1, 0.15) is 5.82 Å². The van der Waals surface area contributed by atoms with Gasteiger partial charge < -0.3 is 10.0 Å². The van der Waals surface area contributed by atoms with E-state index in [0.717, 1.165) is 18.2 Å². The van der Waals surface area contributed by atoms with Gasteiger partial charge in [-0.2, -0.15) is 13.2 Å². The van der Waals surface area contributed by atoms with E-state index in [1.807, 2.05) is 0 Å². The molecule has 0 saturated heterocycles. The van der Waals surface area contributed by atoms with Crippen molar-refractivity contribution in [2.24, 2.45) is 0 Å². The van der Waals surface area contributed by atoms with Crippen molar-refractivity contribution in [3.05, 3.63) is 41.2 Å². The van der Waals surface area contributed by atoms with Crippen LogP contribution in [0.3, 0.4) is 0 Å². The van der Waals surface area contributed by atoms with Gasteiger partial charge in [0.05, 0.1) is 6.42 Å². The van der Waals surface area contributed by atoms with Crippen LogP contribution in [0.1, 0.15) is 17.5 Å². The molecule has 0 amide bonds. The molecule has 0 heterocycles. The molecule has 116 valence electrons. The standard InChI is InChI=1S/C14H15F4NO2/c1-19(7-6-14(16,17)18)9-10-2-4-12(15)11(8-10)3-5-13(20)21/h2-5,8H,6-7,9H2,1H3,(H,20,21). The monoisotopic (exact) mass is 305 g/mol. The Balaban J connectivity index is 2.71. The molecule has 0 spiro atoms. The van der Waals surface area contributed by atoms with E-state index in [0.29, 0.717) is 5.56 Å². The predicted octanol–water partition coefficient (Wildman–Crippen LogP) is 3.31. The van der Waals surface area contributed by atoms with Gasteiger partial charge in [0, 0.05) is 24.7 Å². The third kappa shape index (κ3) is 6.89. The van der Waals surface area contributed by atoms with Crippen LogP contribution in [0.2, 0.25) is 0 Å². The van der Waals surface area contributed by atoms with Gasteiger partial charge in [-0.15, -0.1) is 0 Å². The van der Waals surface area contributed by atoms with E-state index in [-0.39, 0.29) is 18.7 Å². The number of alkyl halides is 3. The highest BCUT2D eigenvalue weighted by atomic mass is 19.4. The number of nitrogens with zero attached hydrogens (tertiary/aromatic N) is 1. The van der Waals surface area contributed by atoms with Gasteiger partial charge in [0.15, 0.2) is 0 Å². The maximum Gasteiger partial charge on any atom is 0.390 e. The second-order valence-corrected chi connectivity index (χ2v) is 4.63. The van der Waals surface area contributed by atoms with Gasteiger partial charge in [-0.25, -0.2) is 9.18 Å². The van der Waals surface area contributed by atoms with Crippen LogP contribution in [0.5, 0.6) is 0 Å². The minimum absolute atomic E-state index is 0.0825. The molecule has 0 bridgehead atoms. The molecule has 1 aromatic rings. The Hall–Kier alpha value is -1.89. The summed E-state index contributed by atoms with van der Waals surface area (Å²) in [4.78, 5) is 11.9. The fourth-order valence-corrected chi connectivity index (χ4v) is 1.69. The highest BCUT2D eigenvalue weighted by Gasteiger charge is 2.27. The lowest BCUT2D eigenvalue weighted by Crippen LogP contribution is -2.24. The van der Waals surface area contributed by atoms with Gasteiger partial charge in [0.2, 0.25) is 0 Å². The number of hydrogen-bond acceptors (Lipinski definition) is 2. The average molecular weight is 305 g/mol. The number of benzene rings is 1. The lowest BCUT2D eigenvalue weighted by molar-refractivity contribution is -0.137. The smallest absolute Gasteiger partial charge is 0.390 e. The van der Waals surface area contributed by atoms with E-state index < -0.39 is 24.4 Å². The highest BCUT2D eigenvalue weighted by molar-refractivity contribution is 5.85. The highest BCUT2D eigenvalue weighted by Crippen LogP contribution is 2.20. The van der Waals surface area contributed by atoms with Crippen LogP contribution in [0.15, 0.2) is 24.3 Å². The van der Waals surface area contributed by atoms with E-state index in [4.69, 9.17) is 5.11 Å². The first-order chi connectivity index (χ1) is 9.67. The number of carbonyl (C=O) groups is 1. The van der Waals surface area contributed by atoms with E-state index in [1.54, 1.807) is 0 Å². The average Bonchev–Trinajstić information content (AvgIpc) is 2.36. The molecule has 0 fully saturated rings. The molecular formula is C14H15F4NO2. The summed E-state index contributed by atoms with van der Waals surface area (Å²) in [7, 11) is 1.53. The fourth-order valence-electron chi connectivity index (χ4n) is 1.69. The van der Waals surface area contributed by atoms with Crippen molar-refractivity contribution in [2.75, 3.05) is 13.6 Å². The van der Waals surface area contributed by atoms with Crippen molar-refractivity contribution >= 4 is 12.0 Å². The summed E-state index contributed by atoms with van der Waals surface area (Å²) in [5.74, 6) is -1.80. The van der Waals surface area contributed by atoms with Crippen LogP contribution in [-0.4, -0.2) is 35.7 Å². The third-order valence-electron chi connectivity index (χ3n) is 2.70. The SMILES string of the molecule is CN(CCC(F)(F)F)Cc1ccc(F)c(C=CC(=O)O)c1. The molecule has 1 rings (SSSR count). The second-order valence-electron chi connectivity index (χ2n) is 4.63. The van der Waals surface area contributed by atoms with Crippen LogP contribution in [-0.2, 0) is 11.3 Å². The quantitative estimate of drug-likeness (QED) is 0.647. The zero-order chi connectivity index (χ0) is 16.0. The van der Waals surface area contributed by atoms with Crippen LogP contribution in [0.25, 0.3) is 6.08 Å². The molecule has 0 aliphatic rings. The van der Waals surface area contributed by atoms with Crippen molar-refractivity contribution in [2.45, 2.75) is 19.1 Å². The van der Waals surface area contributed by atoms with E-state index in [9.17, 15) is 22.4 Å². The number of halogens is 4. The molecule has 0 saturated carbocycles. The summed E-state index contributed by atoms with van der Waals surface area (Å²) in [6.07, 6.45) is -3.23. The van der Waals surface area contributed by atoms with E-state index in [1.165, 1.54) is 24.1 Å². The largest absolute Gasteiger partial charge is 0.478 e. The molecule has 0 atom stereocenters. The van der Waals surface area contributed by atoms with Gasteiger partial charge in [0.25, 0.3) is 0 Å². The maximum absolute atomic E-state index is 13.5. The number of aliphatic carboxylic acids is 1. The van der Waals surface area contributed by atoms with Crippen LogP contribution in [0.4, 0.5) is 17.6 Å². The maximum atomic E-state index is 13.5. The summed E-state index contributed by atoms with van der Waals surface area (Å²) >= 11 is 0. The molecule has 0 radical (unpaired) electrons. The van der Waals surface area contributed by atoms with Crippen LogP contribution < -0.4 is 0 Å². The van der Waals surface area contributed by atoms with Crippen LogP contribution >= 0.6 is 0 Å². The normalized spacial score (nSPS) is 12.3. The zero-order valence-electron chi connectivity index (χ0n) is 11.3. The molecule has 1 aromatic carbocycles. The summed E-state index contributed by atoms with van der Waals surface area (Å²) < 4.78 is 49.8. The number of carboxylic acid groups (broad SMARTS) is 1. The Morgan fingerprint density at radius 2 is 2.05 bits per heavy atom. The third-order valence-corrected chi connectivity index (χ3v) is 2.70. The molecule has 0 unspecified atom stereocenters.